The SMILES string of the molecule is Nc1nc(COC(=O)c2ccc(Cn3cncn3)cc2)nc2ccccc12. The highest BCUT2D eigenvalue weighted by molar-refractivity contribution is 5.89. The Morgan fingerprint density at radius 3 is 2.67 bits per heavy atom. The van der Waals surface area contributed by atoms with Crippen LogP contribution in [0.5, 0.6) is 0 Å². The lowest BCUT2D eigenvalue weighted by Crippen LogP contribution is -2.09. The van der Waals surface area contributed by atoms with Crippen LogP contribution >= 0.6 is 0 Å². The fourth-order valence-electron chi connectivity index (χ4n) is 2.68. The lowest BCUT2D eigenvalue weighted by atomic mass is 10.1. The first-order chi connectivity index (χ1) is 13.2. The molecule has 8 nitrogen and oxygen atoms in total. The van der Waals surface area contributed by atoms with Crippen molar-refractivity contribution in [3.05, 3.63) is 78.1 Å². The van der Waals surface area contributed by atoms with Crippen molar-refractivity contribution >= 4 is 22.7 Å². The van der Waals surface area contributed by atoms with Gasteiger partial charge in [-0.25, -0.2) is 24.4 Å². The molecular weight excluding hydrogens is 344 g/mol. The molecule has 0 radical (unpaired) electrons. The number of para-hydroxylation sites is 1. The van der Waals surface area contributed by atoms with E-state index in [0.29, 0.717) is 29.3 Å². The number of rotatable bonds is 5. The molecule has 2 heterocycles. The summed E-state index contributed by atoms with van der Waals surface area (Å²) in [6, 6.07) is 14.5. The molecule has 0 aliphatic rings. The molecule has 0 atom stereocenters. The van der Waals surface area contributed by atoms with Crippen LogP contribution in [0, 0.1) is 0 Å². The Labute approximate surface area is 154 Å². The quantitative estimate of drug-likeness (QED) is 0.543. The Balaban J connectivity index is 1.42. The van der Waals surface area contributed by atoms with Gasteiger partial charge in [0, 0.05) is 5.39 Å². The van der Waals surface area contributed by atoms with E-state index >= 15 is 0 Å². The summed E-state index contributed by atoms with van der Waals surface area (Å²) in [5.41, 5.74) is 8.11. The minimum Gasteiger partial charge on any atom is -0.454 e. The number of nitrogens with zero attached hydrogens (tertiary/aromatic N) is 5. The highest BCUT2D eigenvalue weighted by atomic mass is 16.5. The molecule has 0 saturated carbocycles. The van der Waals surface area contributed by atoms with E-state index in [-0.39, 0.29) is 6.61 Å². The van der Waals surface area contributed by atoms with Crippen molar-refractivity contribution in [1.29, 1.82) is 0 Å². The zero-order valence-corrected chi connectivity index (χ0v) is 14.3. The summed E-state index contributed by atoms with van der Waals surface area (Å²) in [5.74, 6) is 0.282. The highest BCUT2D eigenvalue weighted by Gasteiger charge is 2.10. The Morgan fingerprint density at radius 1 is 1.07 bits per heavy atom. The van der Waals surface area contributed by atoms with E-state index in [0.717, 1.165) is 10.9 Å². The first-order valence-electron chi connectivity index (χ1n) is 8.28. The third kappa shape index (κ3) is 3.74. The largest absolute Gasteiger partial charge is 0.454 e. The van der Waals surface area contributed by atoms with Crippen LogP contribution in [0.25, 0.3) is 10.9 Å². The van der Waals surface area contributed by atoms with Gasteiger partial charge in [-0.05, 0) is 29.8 Å². The Hall–Kier alpha value is -3.81. The van der Waals surface area contributed by atoms with E-state index in [9.17, 15) is 4.79 Å². The topological polar surface area (TPSA) is 109 Å². The fourth-order valence-corrected chi connectivity index (χ4v) is 2.68. The van der Waals surface area contributed by atoms with E-state index in [2.05, 4.69) is 20.1 Å². The van der Waals surface area contributed by atoms with E-state index < -0.39 is 5.97 Å². The molecule has 2 aromatic carbocycles. The molecule has 0 saturated heterocycles. The number of carbonyl (C=O) groups excluding carboxylic acids is 1. The smallest absolute Gasteiger partial charge is 0.338 e. The summed E-state index contributed by atoms with van der Waals surface area (Å²) in [6.07, 6.45) is 3.12. The van der Waals surface area contributed by atoms with Crippen molar-refractivity contribution in [2.75, 3.05) is 5.73 Å². The van der Waals surface area contributed by atoms with Gasteiger partial charge in [-0.2, -0.15) is 5.10 Å². The number of ether oxygens (including phenoxy) is 1. The van der Waals surface area contributed by atoms with Crippen LogP contribution in [0.1, 0.15) is 21.7 Å². The number of anilines is 1. The molecule has 8 heteroatoms. The van der Waals surface area contributed by atoms with Crippen LogP contribution in [0.2, 0.25) is 0 Å². The molecule has 0 amide bonds. The number of hydrogen-bond donors (Lipinski definition) is 1. The van der Waals surface area contributed by atoms with E-state index in [1.54, 1.807) is 23.1 Å². The maximum absolute atomic E-state index is 12.3. The van der Waals surface area contributed by atoms with Crippen LogP contribution < -0.4 is 5.73 Å². The van der Waals surface area contributed by atoms with E-state index in [1.165, 1.54) is 6.33 Å². The number of fused-ring (bicyclic) bond motifs is 1. The number of esters is 1. The molecular formula is C19H16N6O2. The molecule has 2 N–H and O–H groups in total. The normalized spacial score (nSPS) is 10.8. The molecule has 134 valence electrons. The van der Waals surface area contributed by atoms with Gasteiger partial charge in [0.2, 0.25) is 0 Å². The second-order valence-corrected chi connectivity index (χ2v) is 5.91. The zero-order valence-electron chi connectivity index (χ0n) is 14.3. The molecule has 2 aromatic heterocycles. The van der Waals surface area contributed by atoms with Crippen molar-refractivity contribution in [1.82, 2.24) is 24.7 Å². The summed E-state index contributed by atoms with van der Waals surface area (Å²) in [4.78, 5) is 24.7. The summed E-state index contributed by atoms with van der Waals surface area (Å²) in [7, 11) is 0. The first kappa shape index (κ1) is 16.6. The number of aromatic nitrogens is 5. The zero-order chi connectivity index (χ0) is 18.6. The highest BCUT2D eigenvalue weighted by Crippen LogP contribution is 2.17. The number of nitrogens with two attached hydrogens (primary N) is 1. The van der Waals surface area contributed by atoms with Crippen molar-refractivity contribution in [2.45, 2.75) is 13.2 Å². The maximum Gasteiger partial charge on any atom is 0.338 e. The van der Waals surface area contributed by atoms with Crippen molar-refractivity contribution in [3.8, 4) is 0 Å². The third-order valence-corrected chi connectivity index (χ3v) is 4.01. The molecule has 0 fully saturated rings. The van der Waals surface area contributed by atoms with Gasteiger partial charge >= 0.3 is 5.97 Å². The molecule has 4 rings (SSSR count). The van der Waals surface area contributed by atoms with Crippen molar-refractivity contribution < 1.29 is 9.53 Å². The summed E-state index contributed by atoms with van der Waals surface area (Å²) < 4.78 is 7.02. The Bertz CT molecular complexity index is 1080. The van der Waals surface area contributed by atoms with Crippen molar-refractivity contribution in [2.24, 2.45) is 0 Å². The average molecular weight is 360 g/mol. The van der Waals surface area contributed by atoms with Crippen molar-refractivity contribution in [3.63, 3.8) is 0 Å². The summed E-state index contributed by atoms with van der Waals surface area (Å²) in [6.45, 7) is 0.536. The van der Waals surface area contributed by atoms with Crippen LogP contribution in [0.15, 0.2) is 61.2 Å². The van der Waals surface area contributed by atoms with Gasteiger partial charge in [-0.15, -0.1) is 0 Å². The Kier molecular flexibility index (Phi) is 4.44. The molecule has 4 aromatic rings. The monoisotopic (exact) mass is 360 g/mol. The molecule has 0 unspecified atom stereocenters. The van der Waals surface area contributed by atoms with Gasteiger partial charge in [-0.1, -0.05) is 24.3 Å². The Morgan fingerprint density at radius 2 is 1.89 bits per heavy atom. The fraction of sp³-hybridized carbons (Fsp3) is 0.105. The standard InChI is InChI=1S/C19H16N6O2/c20-18-15-3-1-2-4-16(15)23-17(24-18)10-27-19(26)14-7-5-13(6-8-14)9-25-12-21-11-22-25/h1-8,11-12H,9-10H2,(H2,20,23,24). The van der Waals surface area contributed by atoms with E-state index in [4.69, 9.17) is 10.5 Å². The van der Waals surface area contributed by atoms with Gasteiger partial charge in [0.1, 0.15) is 18.5 Å². The number of benzene rings is 2. The first-order valence-corrected chi connectivity index (χ1v) is 8.28. The van der Waals surface area contributed by atoms with Gasteiger partial charge < -0.3 is 10.5 Å². The van der Waals surface area contributed by atoms with E-state index in [1.807, 2.05) is 36.4 Å². The predicted octanol–water partition coefficient (Wildman–Crippen LogP) is 2.21. The van der Waals surface area contributed by atoms with Crippen LogP contribution in [0.3, 0.4) is 0 Å². The summed E-state index contributed by atoms with van der Waals surface area (Å²) in [5, 5.41) is 4.82. The van der Waals surface area contributed by atoms with Crippen LogP contribution in [0.4, 0.5) is 5.82 Å². The minimum atomic E-state index is -0.447. The number of carbonyl (C=O) groups is 1. The molecule has 0 aliphatic carbocycles. The van der Waals surface area contributed by atoms with Crippen LogP contribution in [-0.4, -0.2) is 30.7 Å². The molecule has 0 spiro atoms. The number of nitrogen functional groups attached to an aromatic ring is 1. The predicted molar refractivity (Wildman–Crippen MR) is 98.6 cm³/mol. The van der Waals surface area contributed by atoms with Gasteiger partial charge in [-0.3, -0.25) is 0 Å². The molecule has 0 bridgehead atoms. The average Bonchev–Trinajstić information content (AvgIpc) is 3.20. The summed E-state index contributed by atoms with van der Waals surface area (Å²) >= 11 is 0. The number of hydrogen-bond acceptors (Lipinski definition) is 7. The maximum atomic E-state index is 12.3. The van der Waals surface area contributed by atoms with Gasteiger partial charge in [0.15, 0.2) is 12.4 Å². The third-order valence-electron chi connectivity index (χ3n) is 4.01. The lowest BCUT2D eigenvalue weighted by molar-refractivity contribution is 0.0462. The second kappa shape index (κ2) is 7.20. The van der Waals surface area contributed by atoms with Crippen LogP contribution in [-0.2, 0) is 17.9 Å². The van der Waals surface area contributed by atoms with Gasteiger partial charge in [0.25, 0.3) is 0 Å². The molecule has 0 aliphatic heterocycles. The lowest BCUT2D eigenvalue weighted by Gasteiger charge is -2.07. The molecule has 27 heavy (non-hydrogen) atoms. The second-order valence-electron chi connectivity index (χ2n) is 5.91. The van der Waals surface area contributed by atoms with Gasteiger partial charge in [0.05, 0.1) is 17.6 Å². The minimum absolute atomic E-state index is 0.0470.